The van der Waals surface area contributed by atoms with E-state index < -0.39 is 0 Å². The minimum absolute atomic E-state index is 0.0957. The van der Waals surface area contributed by atoms with Gasteiger partial charge in [0.1, 0.15) is 0 Å². The highest BCUT2D eigenvalue weighted by molar-refractivity contribution is 5.88. The number of nitrogens with one attached hydrogen (secondary N) is 2. The summed E-state index contributed by atoms with van der Waals surface area (Å²) in [4.78, 5) is 25.3. The summed E-state index contributed by atoms with van der Waals surface area (Å²) in [5.41, 5.74) is 5.86. The molecule has 2 N–H and O–H groups in total. The van der Waals surface area contributed by atoms with E-state index >= 15 is 0 Å². The minimum atomic E-state index is -0.0957. The lowest BCUT2D eigenvalue weighted by Gasteiger charge is -2.36. The van der Waals surface area contributed by atoms with Gasteiger partial charge in [0.25, 0.3) is 0 Å². The van der Waals surface area contributed by atoms with Gasteiger partial charge >= 0.3 is 0 Å². The molecule has 9 nitrogen and oxygen atoms in total. The third-order valence-corrected chi connectivity index (χ3v) is 6.84. The van der Waals surface area contributed by atoms with Crippen molar-refractivity contribution in [3.05, 3.63) is 84.6 Å². The van der Waals surface area contributed by atoms with Crippen molar-refractivity contribution in [1.29, 1.82) is 0 Å². The maximum atomic E-state index is 11.3. The molecular weight excluding hydrogens is 492 g/mol. The number of hydrogen-bond acceptors (Lipinski definition) is 8. The molecule has 0 spiro atoms. The second kappa shape index (κ2) is 11.0. The molecule has 6 rings (SSSR count). The van der Waals surface area contributed by atoms with E-state index in [2.05, 4.69) is 55.7 Å². The van der Waals surface area contributed by atoms with Crippen LogP contribution in [0.4, 0.5) is 23.0 Å². The van der Waals surface area contributed by atoms with Crippen LogP contribution in [0.25, 0.3) is 11.3 Å². The number of benzene rings is 3. The molecule has 2 aliphatic heterocycles. The maximum Gasteiger partial charge on any atom is 0.231 e. The summed E-state index contributed by atoms with van der Waals surface area (Å²) in [6.45, 7) is 6.57. The number of anilines is 4. The molecule has 1 fully saturated rings. The van der Waals surface area contributed by atoms with Crippen LogP contribution in [0.5, 0.6) is 11.5 Å². The molecule has 3 heterocycles. The maximum absolute atomic E-state index is 11.3. The van der Waals surface area contributed by atoms with Gasteiger partial charge in [0.15, 0.2) is 11.5 Å². The first kappa shape index (κ1) is 24.7. The number of rotatable bonds is 7. The summed E-state index contributed by atoms with van der Waals surface area (Å²) in [5.74, 6) is 2.10. The molecule has 0 atom stereocenters. The van der Waals surface area contributed by atoms with Gasteiger partial charge in [-0.2, -0.15) is 0 Å². The fourth-order valence-electron chi connectivity index (χ4n) is 4.88. The monoisotopic (exact) mass is 522 g/mol. The van der Waals surface area contributed by atoms with E-state index in [1.165, 1.54) is 18.2 Å². The SMILES string of the molecule is CC(=O)Nc1ccc(-c2ccnc(Nc3cccc(N4CCN(Cc5ccc6c(c5)OCO6)CC4)c3)n2)cc1. The number of carbonyl (C=O) groups is 1. The molecule has 0 saturated carbocycles. The standard InChI is InChI=1S/C30H30N6O3/c1-21(37)32-24-8-6-23(7-9-24)27-11-12-31-30(34-27)33-25-3-2-4-26(18-25)36-15-13-35(14-16-36)19-22-5-10-28-29(17-22)39-20-38-28/h2-12,17-18H,13-16,19-20H2,1H3,(H,32,37)(H,31,33,34). The van der Waals surface area contributed by atoms with Gasteiger partial charge in [0, 0.05) is 68.5 Å². The number of hydrogen-bond donors (Lipinski definition) is 2. The predicted molar refractivity (Wildman–Crippen MR) is 152 cm³/mol. The van der Waals surface area contributed by atoms with Crippen LogP contribution in [0.15, 0.2) is 79.0 Å². The quantitative estimate of drug-likeness (QED) is 0.354. The molecule has 0 radical (unpaired) electrons. The van der Waals surface area contributed by atoms with Crippen LogP contribution >= 0.6 is 0 Å². The Labute approximate surface area is 227 Å². The Morgan fingerprint density at radius 1 is 0.897 bits per heavy atom. The van der Waals surface area contributed by atoms with Crippen molar-refractivity contribution in [2.45, 2.75) is 13.5 Å². The van der Waals surface area contributed by atoms with Crippen molar-refractivity contribution >= 4 is 28.9 Å². The molecule has 2 aliphatic rings. The first-order valence-electron chi connectivity index (χ1n) is 13.0. The first-order chi connectivity index (χ1) is 19.1. The topological polar surface area (TPSA) is 91.9 Å². The number of aromatic nitrogens is 2. The van der Waals surface area contributed by atoms with Gasteiger partial charge in [-0.3, -0.25) is 9.69 Å². The molecule has 39 heavy (non-hydrogen) atoms. The molecule has 0 aliphatic carbocycles. The molecule has 0 bridgehead atoms. The van der Waals surface area contributed by atoms with Gasteiger partial charge in [0.2, 0.25) is 18.6 Å². The van der Waals surface area contributed by atoms with E-state index in [0.29, 0.717) is 12.7 Å². The van der Waals surface area contributed by atoms with Crippen LogP contribution in [0.2, 0.25) is 0 Å². The number of carbonyl (C=O) groups excluding carboxylic acids is 1. The molecule has 3 aromatic carbocycles. The Morgan fingerprint density at radius 2 is 1.72 bits per heavy atom. The summed E-state index contributed by atoms with van der Waals surface area (Å²) in [5, 5.41) is 6.14. The molecule has 9 heteroatoms. The van der Waals surface area contributed by atoms with Crippen LogP contribution in [-0.2, 0) is 11.3 Å². The zero-order chi connectivity index (χ0) is 26.6. The lowest BCUT2D eigenvalue weighted by molar-refractivity contribution is -0.114. The van der Waals surface area contributed by atoms with Gasteiger partial charge < -0.3 is 25.0 Å². The van der Waals surface area contributed by atoms with E-state index in [4.69, 9.17) is 14.5 Å². The number of fused-ring (bicyclic) bond motifs is 1. The summed E-state index contributed by atoms with van der Waals surface area (Å²) in [7, 11) is 0. The van der Waals surface area contributed by atoms with E-state index in [0.717, 1.165) is 66.9 Å². The Balaban J connectivity index is 1.07. The summed E-state index contributed by atoms with van der Waals surface area (Å²) in [6.07, 6.45) is 1.75. The minimum Gasteiger partial charge on any atom is -0.454 e. The molecule has 0 unspecified atom stereocenters. The number of nitrogens with zero attached hydrogens (tertiary/aromatic N) is 4. The zero-order valence-electron chi connectivity index (χ0n) is 21.8. The molecule has 1 amide bonds. The highest BCUT2D eigenvalue weighted by Gasteiger charge is 2.19. The number of piperazine rings is 1. The van der Waals surface area contributed by atoms with Crippen molar-refractivity contribution < 1.29 is 14.3 Å². The van der Waals surface area contributed by atoms with Crippen molar-refractivity contribution in [2.24, 2.45) is 0 Å². The molecule has 1 saturated heterocycles. The Morgan fingerprint density at radius 3 is 2.54 bits per heavy atom. The fraction of sp³-hybridized carbons (Fsp3) is 0.233. The molecular formula is C30H30N6O3. The lowest BCUT2D eigenvalue weighted by atomic mass is 10.1. The van der Waals surface area contributed by atoms with E-state index in [1.54, 1.807) is 6.20 Å². The summed E-state index contributed by atoms with van der Waals surface area (Å²) >= 11 is 0. The third kappa shape index (κ3) is 5.94. The second-order valence-corrected chi connectivity index (χ2v) is 9.65. The predicted octanol–water partition coefficient (Wildman–Crippen LogP) is 4.90. The van der Waals surface area contributed by atoms with Crippen LogP contribution < -0.4 is 25.0 Å². The highest BCUT2D eigenvalue weighted by atomic mass is 16.7. The van der Waals surface area contributed by atoms with Crippen LogP contribution in [-0.4, -0.2) is 53.7 Å². The van der Waals surface area contributed by atoms with Crippen molar-refractivity contribution in [3.8, 4) is 22.8 Å². The summed E-state index contributed by atoms with van der Waals surface area (Å²) in [6, 6.07) is 24.0. The molecule has 198 valence electrons. The van der Waals surface area contributed by atoms with Gasteiger partial charge in [-0.1, -0.05) is 24.3 Å². The number of ether oxygens (including phenoxy) is 2. The van der Waals surface area contributed by atoms with Crippen LogP contribution in [0, 0.1) is 0 Å². The Hall–Kier alpha value is -4.63. The molecule has 1 aromatic heterocycles. The van der Waals surface area contributed by atoms with Gasteiger partial charge in [-0.15, -0.1) is 0 Å². The largest absolute Gasteiger partial charge is 0.454 e. The van der Waals surface area contributed by atoms with Gasteiger partial charge in [0.05, 0.1) is 5.69 Å². The van der Waals surface area contributed by atoms with Crippen LogP contribution in [0.3, 0.4) is 0 Å². The fourth-order valence-corrected chi connectivity index (χ4v) is 4.88. The number of amides is 1. The highest BCUT2D eigenvalue weighted by Crippen LogP contribution is 2.33. The normalized spacial score (nSPS) is 14.7. The average Bonchev–Trinajstić information content (AvgIpc) is 3.42. The summed E-state index contributed by atoms with van der Waals surface area (Å²) < 4.78 is 11.0. The smallest absolute Gasteiger partial charge is 0.231 e. The van der Waals surface area contributed by atoms with E-state index in [-0.39, 0.29) is 5.91 Å². The Kier molecular flexibility index (Phi) is 6.97. The third-order valence-electron chi connectivity index (χ3n) is 6.84. The van der Waals surface area contributed by atoms with E-state index in [1.807, 2.05) is 42.5 Å². The second-order valence-electron chi connectivity index (χ2n) is 9.65. The Bertz CT molecular complexity index is 1470. The zero-order valence-corrected chi connectivity index (χ0v) is 21.8. The molecule has 4 aromatic rings. The average molecular weight is 523 g/mol. The first-order valence-corrected chi connectivity index (χ1v) is 13.0. The van der Waals surface area contributed by atoms with E-state index in [9.17, 15) is 4.79 Å². The van der Waals surface area contributed by atoms with Gasteiger partial charge in [-0.05, 0) is 54.1 Å². The lowest BCUT2D eigenvalue weighted by Crippen LogP contribution is -2.45. The van der Waals surface area contributed by atoms with Crippen molar-refractivity contribution in [1.82, 2.24) is 14.9 Å². The van der Waals surface area contributed by atoms with Crippen molar-refractivity contribution in [2.75, 3.05) is 48.5 Å². The van der Waals surface area contributed by atoms with Crippen molar-refractivity contribution in [3.63, 3.8) is 0 Å². The van der Waals surface area contributed by atoms with Crippen LogP contribution in [0.1, 0.15) is 12.5 Å². The van der Waals surface area contributed by atoms with Gasteiger partial charge in [-0.25, -0.2) is 9.97 Å².